The molecule has 3 heterocycles. The van der Waals surface area contributed by atoms with E-state index >= 15 is 0 Å². The van der Waals surface area contributed by atoms with Gasteiger partial charge in [0.05, 0.1) is 11.3 Å². The van der Waals surface area contributed by atoms with Crippen molar-refractivity contribution < 1.29 is 13.2 Å². The van der Waals surface area contributed by atoms with Gasteiger partial charge in [-0.3, -0.25) is 4.98 Å². The van der Waals surface area contributed by atoms with Crippen LogP contribution in [-0.4, -0.2) is 55.0 Å². The highest BCUT2D eigenvalue weighted by Gasteiger charge is 2.57. The van der Waals surface area contributed by atoms with E-state index in [-0.39, 0.29) is 5.41 Å². The summed E-state index contributed by atoms with van der Waals surface area (Å²) in [5, 5.41) is 9.49. The molecular formula is C24H27F3N6S. The third-order valence-corrected chi connectivity index (χ3v) is 8.18. The Labute approximate surface area is 201 Å². The second-order valence-electron chi connectivity index (χ2n) is 9.32. The van der Waals surface area contributed by atoms with Crippen molar-refractivity contribution >= 4 is 11.8 Å². The molecular weight excluding hydrogens is 461 g/mol. The molecule has 34 heavy (non-hydrogen) atoms. The number of thioether (sulfide) groups is 1. The zero-order chi connectivity index (χ0) is 23.9. The van der Waals surface area contributed by atoms with Gasteiger partial charge in [0, 0.05) is 31.7 Å². The maximum Gasteiger partial charge on any atom is 0.416 e. The van der Waals surface area contributed by atoms with Crippen LogP contribution in [0.5, 0.6) is 0 Å². The average Bonchev–Trinajstić information content (AvgIpc) is 3.16. The molecule has 2 atom stereocenters. The highest BCUT2D eigenvalue weighted by atomic mass is 32.2. The molecule has 1 unspecified atom stereocenters. The molecule has 0 bridgehead atoms. The van der Waals surface area contributed by atoms with Gasteiger partial charge in [0.2, 0.25) is 0 Å². The van der Waals surface area contributed by atoms with Crippen LogP contribution in [0.25, 0.3) is 11.5 Å². The van der Waals surface area contributed by atoms with Crippen molar-refractivity contribution in [3.63, 3.8) is 0 Å². The van der Waals surface area contributed by atoms with Crippen molar-refractivity contribution in [2.24, 2.45) is 12.5 Å². The van der Waals surface area contributed by atoms with Crippen molar-refractivity contribution in [1.82, 2.24) is 29.6 Å². The molecule has 0 amide bonds. The minimum absolute atomic E-state index is 0.250. The number of benzene rings is 1. The first-order chi connectivity index (χ1) is 16.3. The molecule has 10 heteroatoms. The molecule has 1 aromatic carbocycles. The summed E-state index contributed by atoms with van der Waals surface area (Å²) in [6, 6.07) is 5.77. The molecule has 1 spiro atoms. The lowest BCUT2D eigenvalue weighted by atomic mass is 9.97. The van der Waals surface area contributed by atoms with E-state index in [1.807, 2.05) is 18.5 Å². The van der Waals surface area contributed by atoms with E-state index in [2.05, 4.69) is 25.1 Å². The predicted octanol–water partition coefficient (Wildman–Crippen LogP) is 4.96. The van der Waals surface area contributed by atoms with Crippen LogP contribution in [-0.2, 0) is 13.2 Å². The molecule has 1 aliphatic carbocycles. The summed E-state index contributed by atoms with van der Waals surface area (Å²) < 4.78 is 40.5. The Morgan fingerprint density at radius 2 is 1.88 bits per heavy atom. The number of nitrogens with zero attached hydrogens (tertiary/aromatic N) is 6. The molecule has 2 aromatic heterocycles. The van der Waals surface area contributed by atoms with Gasteiger partial charge in [-0.15, -0.1) is 10.2 Å². The number of halogens is 3. The Balaban J connectivity index is 1.09. The van der Waals surface area contributed by atoms with E-state index in [9.17, 15) is 13.2 Å². The van der Waals surface area contributed by atoms with E-state index in [1.165, 1.54) is 12.1 Å². The number of likely N-dealkylation sites (tertiary alicyclic amines) is 1. The van der Waals surface area contributed by atoms with Crippen LogP contribution in [0, 0.1) is 12.3 Å². The topological polar surface area (TPSA) is 59.7 Å². The minimum atomic E-state index is -4.27. The van der Waals surface area contributed by atoms with E-state index in [0.29, 0.717) is 5.92 Å². The Morgan fingerprint density at radius 1 is 1.12 bits per heavy atom. The molecule has 180 valence electrons. The van der Waals surface area contributed by atoms with Crippen LogP contribution in [0.1, 0.15) is 42.0 Å². The molecule has 1 saturated carbocycles. The predicted molar refractivity (Wildman–Crippen MR) is 124 cm³/mol. The lowest BCUT2D eigenvalue weighted by Crippen LogP contribution is -2.23. The zero-order valence-corrected chi connectivity index (χ0v) is 20.0. The second kappa shape index (κ2) is 8.96. The van der Waals surface area contributed by atoms with Gasteiger partial charge in [0.25, 0.3) is 0 Å². The normalized spacial score (nSPS) is 22.6. The third kappa shape index (κ3) is 4.57. The zero-order valence-electron chi connectivity index (χ0n) is 19.2. The number of hydrogen-bond acceptors (Lipinski definition) is 6. The van der Waals surface area contributed by atoms with Gasteiger partial charge >= 0.3 is 6.18 Å². The minimum Gasteiger partial charge on any atom is -0.304 e. The maximum absolute atomic E-state index is 12.8. The monoisotopic (exact) mass is 488 g/mol. The molecule has 0 N–H and O–H groups in total. The standard InChI is InChI=1S/C24H27F3N6S/c1-16-20(29-10-9-28-16)21-30-31-22(32(21)2)34-13-3-11-33-12-8-23(15-33)14-19(23)17-4-6-18(7-5-17)24(25,26)27/h4-7,9-10,19H,3,8,11-15H2,1-2H3/t19?,23-/m1/s1. The summed E-state index contributed by atoms with van der Waals surface area (Å²) in [4.78, 5) is 11.2. The van der Waals surface area contributed by atoms with Gasteiger partial charge in [-0.2, -0.15) is 13.2 Å². The second-order valence-corrected chi connectivity index (χ2v) is 10.4. The summed E-state index contributed by atoms with van der Waals surface area (Å²) in [7, 11) is 1.95. The van der Waals surface area contributed by atoms with Gasteiger partial charge < -0.3 is 9.47 Å². The molecule has 2 fully saturated rings. The summed E-state index contributed by atoms with van der Waals surface area (Å²) in [6.45, 7) is 5.02. The third-order valence-electron chi connectivity index (χ3n) is 7.07. The largest absolute Gasteiger partial charge is 0.416 e. The molecule has 1 saturated heterocycles. The SMILES string of the molecule is Cc1nccnc1-c1nnc(SCCCN2CC[C@@]3(CC3c3ccc(C(F)(F)F)cc3)C2)n1C. The van der Waals surface area contributed by atoms with Gasteiger partial charge in [-0.05, 0) is 68.3 Å². The van der Waals surface area contributed by atoms with E-state index in [1.54, 1.807) is 36.3 Å². The van der Waals surface area contributed by atoms with Crippen LogP contribution in [0.2, 0.25) is 0 Å². The highest BCUT2D eigenvalue weighted by Crippen LogP contribution is 2.64. The van der Waals surface area contributed by atoms with E-state index in [4.69, 9.17) is 0 Å². The van der Waals surface area contributed by atoms with Gasteiger partial charge in [0.1, 0.15) is 5.69 Å². The summed E-state index contributed by atoms with van der Waals surface area (Å²) in [6.07, 6.45) is 2.29. The quantitative estimate of drug-likeness (QED) is 0.346. The van der Waals surface area contributed by atoms with Crippen molar-refractivity contribution in [1.29, 1.82) is 0 Å². The highest BCUT2D eigenvalue weighted by molar-refractivity contribution is 7.99. The molecule has 0 radical (unpaired) electrons. The molecule has 1 aliphatic heterocycles. The maximum atomic E-state index is 12.8. The Kier molecular flexibility index (Phi) is 6.14. The first-order valence-electron chi connectivity index (χ1n) is 11.5. The van der Waals surface area contributed by atoms with Crippen LogP contribution >= 0.6 is 11.8 Å². The van der Waals surface area contributed by atoms with Crippen LogP contribution in [0.15, 0.2) is 41.8 Å². The fraction of sp³-hybridized carbons (Fsp3) is 0.500. The number of alkyl halides is 3. The lowest BCUT2D eigenvalue weighted by molar-refractivity contribution is -0.137. The fourth-order valence-electron chi connectivity index (χ4n) is 5.08. The van der Waals surface area contributed by atoms with E-state index < -0.39 is 11.7 Å². The van der Waals surface area contributed by atoms with Gasteiger partial charge in [0.15, 0.2) is 11.0 Å². The van der Waals surface area contributed by atoms with Crippen molar-refractivity contribution in [2.75, 3.05) is 25.4 Å². The first kappa shape index (κ1) is 23.3. The number of hydrogen-bond donors (Lipinski definition) is 0. The molecule has 5 rings (SSSR count). The fourth-order valence-corrected chi connectivity index (χ4v) is 5.91. The molecule has 3 aromatic rings. The summed E-state index contributed by atoms with van der Waals surface area (Å²) in [5.41, 5.74) is 2.30. The van der Waals surface area contributed by atoms with Crippen molar-refractivity contribution in [3.05, 3.63) is 53.5 Å². The molecule has 6 nitrogen and oxygen atoms in total. The van der Waals surface area contributed by atoms with Crippen LogP contribution < -0.4 is 0 Å². The smallest absolute Gasteiger partial charge is 0.304 e. The summed E-state index contributed by atoms with van der Waals surface area (Å²) >= 11 is 1.69. The van der Waals surface area contributed by atoms with Crippen LogP contribution in [0.4, 0.5) is 13.2 Å². The summed E-state index contributed by atoms with van der Waals surface area (Å²) in [5.74, 6) is 2.05. The molecule has 2 aliphatic rings. The average molecular weight is 489 g/mol. The Hall–Kier alpha value is -2.46. The first-order valence-corrected chi connectivity index (χ1v) is 12.5. The number of rotatable bonds is 7. The van der Waals surface area contributed by atoms with Gasteiger partial charge in [-0.25, -0.2) is 4.98 Å². The Bertz CT molecular complexity index is 1160. The number of aromatic nitrogens is 5. The van der Waals surface area contributed by atoms with Crippen molar-refractivity contribution in [2.45, 2.75) is 43.4 Å². The van der Waals surface area contributed by atoms with Crippen LogP contribution in [0.3, 0.4) is 0 Å². The van der Waals surface area contributed by atoms with Gasteiger partial charge in [-0.1, -0.05) is 23.9 Å². The van der Waals surface area contributed by atoms with E-state index in [0.717, 1.165) is 72.6 Å². The number of aryl methyl sites for hydroxylation is 1. The van der Waals surface area contributed by atoms with Crippen molar-refractivity contribution in [3.8, 4) is 11.5 Å². The lowest BCUT2D eigenvalue weighted by Gasteiger charge is -2.16. The Morgan fingerprint density at radius 3 is 2.62 bits per heavy atom.